The molecule has 0 heterocycles. The summed E-state index contributed by atoms with van der Waals surface area (Å²) < 4.78 is 6.73. The number of carbonyl (C=O) groups is 1. The summed E-state index contributed by atoms with van der Waals surface area (Å²) in [6.45, 7) is -0.0301. The molecule has 4 nitrogen and oxygen atoms in total. The molecule has 3 N–H and O–H groups in total. The number of hydrogen-bond acceptors (Lipinski definition) is 3. The van der Waals surface area contributed by atoms with Gasteiger partial charge in [-0.25, -0.2) is 0 Å². The Bertz CT molecular complexity index is 359. The standard InChI is InChI=1S/C9H10Br2N2O2/c1-13-8(14)4-15-9-6(10)2-5(12)3-7(9)11/h2-3H,4,12H2,1H3,(H,13,14). The SMILES string of the molecule is CNC(=O)COc1c(Br)cc(N)cc1Br. The predicted molar refractivity (Wildman–Crippen MR) is 65.8 cm³/mol. The molecule has 1 aromatic rings. The van der Waals surface area contributed by atoms with Gasteiger partial charge in [-0.2, -0.15) is 0 Å². The second kappa shape index (κ2) is 5.37. The van der Waals surface area contributed by atoms with Crippen molar-refractivity contribution in [3.8, 4) is 5.75 Å². The van der Waals surface area contributed by atoms with Gasteiger partial charge in [-0.15, -0.1) is 0 Å². The van der Waals surface area contributed by atoms with Crippen LogP contribution in [-0.2, 0) is 4.79 Å². The molecule has 0 saturated heterocycles. The number of nitrogens with two attached hydrogens (primary N) is 1. The molecule has 0 aromatic heterocycles. The van der Waals surface area contributed by atoms with Crippen LogP contribution in [0, 0.1) is 0 Å². The number of nitrogen functional groups attached to an aromatic ring is 1. The molecule has 0 spiro atoms. The van der Waals surface area contributed by atoms with Crippen LogP contribution in [0.4, 0.5) is 5.69 Å². The Balaban J connectivity index is 2.81. The number of hydrogen-bond donors (Lipinski definition) is 2. The van der Waals surface area contributed by atoms with E-state index in [1.165, 1.54) is 0 Å². The molecule has 1 rings (SSSR count). The zero-order chi connectivity index (χ0) is 11.4. The van der Waals surface area contributed by atoms with Crippen LogP contribution in [0.3, 0.4) is 0 Å². The van der Waals surface area contributed by atoms with Crippen molar-refractivity contribution < 1.29 is 9.53 Å². The van der Waals surface area contributed by atoms with Gasteiger partial charge < -0.3 is 15.8 Å². The Morgan fingerprint density at radius 2 is 2.00 bits per heavy atom. The van der Waals surface area contributed by atoms with E-state index in [-0.39, 0.29) is 12.5 Å². The molecule has 0 unspecified atom stereocenters. The highest BCUT2D eigenvalue weighted by Gasteiger charge is 2.09. The maximum absolute atomic E-state index is 11.0. The van der Waals surface area contributed by atoms with E-state index in [9.17, 15) is 4.79 Å². The second-order valence-corrected chi connectivity index (χ2v) is 4.48. The molecular formula is C9H10Br2N2O2. The molecule has 0 radical (unpaired) electrons. The average molecular weight is 338 g/mol. The molecule has 0 fully saturated rings. The van der Waals surface area contributed by atoms with E-state index < -0.39 is 0 Å². The Hall–Kier alpha value is -0.750. The highest BCUT2D eigenvalue weighted by molar-refractivity contribution is 9.11. The Kier molecular flexibility index (Phi) is 4.41. The lowest BCUT2D eigenvalue weighted by Gasteiger charge is -2.10. The number of nitrogens with one attached hydrogen (secondary N) is 1. The van der Waals surface area contributed by atoms with Crippen LogP contribution in [0.1, 0.15) is 0 Å². The topological polar surface area (TPSA) is 64.3 Å². The van der Waals surface area contributed by atoms with E-state index in [1.807, 2.05) is 0 Å². The molecular weight excluding hydrogens is 328 g/mol. The Morgan fingerprint density at radius 1 is 1.47 bits per heavy atom. The van der Waals surface area contributed by atoms with Crippen molar-refractivity contribution in [2.24, 2.45) is 0 Å². The molecule has 6 heteroatoms. The number of rotatable bonds is 3. The van der Waals surface area contributed by atoms with Crippen LogP contribution < -0.4 is 15.8 Å². The van der Waals surface area contributed by atoms with E-state index in [0.717, 1.165) is 0 Å². The summed E-state index contributed by atoms with van der Waals surface area (Å²) in [5.41, 5.74) is 6.23. The zero-order valence-electron chi connectivity index (χ0n) is 8.01. The van der Waals surface area contributed by atoms with E-state index in [4.69, 9.17) is 10.5 Å². The van der Waals surface area contributed by atoms with Crippen molar-refractivity contribution in [2.75, 3.05) is 19.4 Å². The number of anilines is 1. The van der Waals surface area contributed by atoms with Gasteiger partial charge >= 0.3 is 0 Å². The van der Waals surface area contributed by atoms with Crippen molar-refractivity contribution in [3.05, 3.63) is 21.1 Å². The van der Waals surface area contributed by atoms with Crippen LogP contribution in [-0.4, -0.2) is 19.6 Å². The first-order valence-corrected chi connectivity index (χ1v) is 5.71. The number of likely N-dealkylation sites (N-methyl/N-ethyl adjacent to an activating group) is 1. The first kappa shape index (κ1) is 12.3. The summed E-state index contributed by atoms with van der Waals surface area (Å²) in [4.78, 5) is 11.0. The highest BCUT2D eigenvalue weighted by Crippen LogP contribution is 2.35. The number of benzene rings is 1. The van der Waals surface area contributed by atoms with Crippen molar-refractivity contribution >= 4 is 43.5 Å². The van der Waals surface area contributed by atoms with Crippen molar-refractivity contribution in [1.82, 2.24) is 5.32 Å². The predicted octanol–water partition coefficient (Wildman–Crippen LogP) is 1.92. The lowest BCUT2D eigenvalue weighted by Crippen LogP contribution is -2.25. The Labute approximate surface area is 104 Å². The third kappa shape index (κ3) is 3.39. The second-order valence-electron chi connectivity index (χ2n) is 2.78. The minimum atomic E-state index is -0.189. The third-order valence-electron chi connectivity index (χ3n) is 1.65. The fourth-order valence-electron chi connectivity index (χ4n) is 0.927. The molecule has 0 aliphatic rings. The maximum atomic E-state index is 11.0. The zero-order valence-corrected chi connectivity index (χ0v) is 11.2. The molecule has 0 aliphatic heterocycles. The van der Waals surface area contributed by atoms with Gasteiger partial charge in [-0.1, -0.05) is 0 Å². The summed E-state index contributed by atoms with van der Waals surface area (Å²) in [7, 11) is 1.55. The summed E-state index contributed by atoms with van der Waals surface area (Å²) in [5.74, 6) is 0.374. The van der Waals surface area contributed by atoms with Crippen molar-refractivity contribution in [2.45, 2.75) is 0 Å². The van der Waals surface area contributed by atoms with Gasteiger partial charge in [-0.05, 0) is 44.0 Å². The van der Waals surface area contributed by atoms with Crippen LogP contribution in [0.15, 0.2) is 21.1 Å². The summed E-state index contributed by atoms with van der Waals surface area (Å²) in [6.07, 6.45) is 0. The first-order chi connectivity index (χ1) is 7.04. The normalized spacial score (nSPS) is 9.80. The smallest absolute Gasteiger partial charge is 0.257 e. The molecule has 0 aliphatic carbocycles. The molecule has 0 bridgehead atoms. The highest BCUT2D eigenvalue weighted by atomic mass is 79.9. The first-order valence-electron chi connectivity index (χ1n) is 4.12. The molecule has 82 valence electrons. The lowest BCUT2D eigenvalue weighted by molar-refractivity contribution is -0.122. The van der Waals surface area contributed by atoms with Crippen LogP contribution in [0.2, 0.25) is 0 Å². The Morgan fingerprint density at radius 3 is 2.47 bits per heavy atom. The van der Waals surface area contributed by atoms with Gasteiger partial charge in [0.25, 0.3) is 5.91 Å². The summed E-state index contributed by atoms with van der Waals surface area (Å²) >= 11 is 6.61. The number of carbonyl (C=O) groups excluding carboxylic acids is 1. The van der Waals surface area contributed by atoms with E-state index in [2.05, 4.69) is 37.2 Å². The van der Waals surface area contributed by atoms with Gasteiger partial charge in [-0.3, -0.25) is 4.79 Å². The largest absolute Gasteiger partial charge is 0.481 e. The van der Waals surface area contributed by atoms with Crippen LogP contribution in [0.5, 0.6) is 5.75 Å². The molecule has 0 saturated carbocycles. The minimum absolute atomic E-state index is 0.0301. The molecule has 15 heavy (non-hydrogen) atoms. The quantitative estimate of drug-likeness (QED) is 0.828. The number of amides is 1. The average Bonchev–Trinajstić information content (AvgIpc) is 2.15. The number of halogens is 2. The number of ether oxygens (including phenoxy) is 1. The van der Waals surface area contributed by atoms with Crippen molar-refractivity contribution in [3.63, 3.8) is 0 Å². The third-order valence-corrected chi connectivity index (χ3v) is 2.83. The molecule has 1 amide bonds. The van der Waals surface area contributed by atoms with E-state index >= 15 is 0 Å². The van der Waals surface area contributed by atoms with Crippen molar-refractivity contribution in [1.29, 1.82) is 0 Å². The van der Waals surface area contributed by atoms with Gasteiger partial charge in [0.15, 0.2) is 6.61 Å². The van der Waals surface area contributed by atoms with Crippen LogP contribution >= 0.6 is 31.9 Å². The summed E-state index contributed by atoms with van der Waals surface area (Å²) in [5, 5.41) is 2.47. The monoisotopic (exact) mass is 336 g/mol. The molecule has 0 atom stereocenters. The van der Waals surface area contributed by atoms with Gasteiger partial charge in [0.05, 0.1) is 8.95 Å². The summed E-state index contributed by atoms with van der Waals surface area (Å²) in [6, 6.07) is 3.42. The molecule has 1 aromatic carbocycles. The van der Waals surface area contributed by atoms with Gasteiger partial charge in [0.1, 0.15) is 5.75 Å². The van der Waals surface area contributed by atoms with Gasteiger partial charge in [0.2, 0.25) is 0 Å². The fraction of sp³-hybridized carbons (Fsp3) is 0.222. The van der Waals surface area contributed by atoms with E-state index in [0.29, 0.717) is 20.4 Å². The van der Waals surface area contributed by atoms with E-state index in [1.54, 1.807) is 19.2 Å². The fourth-order valence-corrected chi connectivity index (χ4v) is 2.38. The maximum Gasteiger partial charge on any atom is 0.257 e. The lowest BCUT2D eigenvalue weighted by atomic mass is 10.3. The van der Waals surface area contributed by atoms with Gasteiger partial charge in [0, 0.05) is 12.7 Å². The van der Waals surface area contributed by atoms with Crippen LogP contribution in [0.25, 0.3) is 0 Å². The minimum Gasteiger partial charge on any atom is -0.481 e.